The second-order valence-electron chi connectivity index (χ2n) is 4.40. The molecule has 0 unspecified atom stereocenters. The van der Waals surface area contributed by atoms with E-state index in [-0.39, 0.29) is 5.56 Å². The Morgan fingerprint density at radius 3 is 2.58 bits per heavy atom. The topological polar surface area (TPSA) is 78.9 Å². The van der Waals surface area contributed by atoms with Gasteiger partial charge in [0.05, 0.1) is 22.6 Å². The average Bonchev–Trinajstić information content (AvgIpc) is 2.64. The van der Waals surface area contributed by atoms with Crippen LogP contribution in [-0.4, -0.2) is 20.9 Å². The molecule has 19 heavy (non-hydrogen) atoms. The molecule has 2 aromatic rings. The number of aromatic nitrogens is 2. The monoisotopic (exact) mass is 255 g/mol. The number of nitriles is 1. The van der Waals surface area contributed by atoms with Gasteiger partial charge in [-0.2, -0.15) is 10.4 Å². The van der Waals surface area contributed by atoms with Crippen LogP contribution in [0.4, 0.5) is 0 Å². The van der Waals surface area contributed by atoms with Gasteiger partial charge in [0, 0.05) is 0 Å². The molecule has 1 aromatic heterocycles. The summed E-state index contributed by atoms with van der Waals surface area (Å²) in [6.07, 6.45) is 0. The second-order valence-corrected chi connectivity index (χ2v) is 4.40. The highest BCUT2D eigenvalue weighted by Gasteiger charge is 2.19. The van der Waals surface area contributed by atoms with Crippen LogP contribution in [0.2, 0.25) is 0 Å². The summed E-state index contributed by atoms with van der Waals surface area (Å²) in [7, 11) is 0. The highest BCUT2D eigenvalue weighted by atomic mass is 16.4. The summed E-state index contributed by atoms with van der Waals surface area (Å²) in [6.45, 7) is 5.25. The van der Waals surface area contributed by atoms with Gasteiger partial charge in [0.25, 0.3) is 0 Å². The lowest BCUT2D eigenvalue weighted by molar-refractivity contribution is 0.0695. The fourth-order valence-electron chi connectivity index (χ4n) is 2.10. The van der Waals surface area contributed by atoms with Crippen molar-refractivity contribution in [3.8, 4) is 11.8 Å². The first-order valence-electron chi connectivity index (χ1n) is 5.76. The van der Waals surface area contributed by atoms with E-state index in [0.29, 0.717) is 22.6 Å². The summed E-state index contributed by atoms with van der Waals surface area (Å²) in [6, 6.07) is 7.47. The molecule has 0 atom stereocenters. The van der Waals surface area contributed by atoms with Crippen molar-refractivity contribution in [2.24, 2.45) is 0 Å². The quantitative estimate of drug-likeness (QED) is 0.893. The molecule has 0 aliphatic heterocycles. The van der Waals surface area contributed by atoms with Gasteiger partial charge < -0.3 is 5.11 Å². The molecule has 0 aliphatic rings. The van der Waals surface area contributed by atoms with Crippen LogP contribution in [0.15, 0.2) is 18.2 Å². The van der Waals surface area contributed by atoms with Crippen LogP contribution in [0.1, 0.15) is 32.9 Å². The zero-order valence-corrected chi connectivity index (χ0v) is 10.9. The van der Waals surface area contributed by atoms with Gasteiger partial charge in [-0.3, -0.25) is 0 Å². The molecule has 0 amide bonds. The van der Waals surface area contributed by atoms with Gasteiger partial charge in [0.15, 0.2) is 0 Å². The molecule has 0 saturated carbocycles. The van der Waals surface area contributed by atoms with Crippen molar-refractivity contribution in [3.63, 3.8) is 0 Å². The van der Waals surface area contributed by atoms with Crippen molar-refractivity contribution < 1.29 is 9.90 Å². The van der Waals surface area contributed by atoms with Crippen LogP contribution < -0.4 is 0 Å². The van der Waals surface area contributed by atoms with Crippen molar-refractivity contribution in [3.05, 3.63) is 46.3 Å². The van der Waals surface area contributed by atoms with Gasteiger partial charge in [0.1, 0.15) is 11.6 Å². The summed E-state index contributed by atoms with van der Waals surface area (Å²) in [5, 5.41) is 22.5. The third-order valence-electron chi connectivity index (χ3n) is 3.01. The van der Waals surface area contributed by atoms with E-state index < -0.39 is 5.97 Å². The lowest BCUT2D eigenvalue weighted by atomic mass is 10.1. The van der Waals surface area contributed by atoms with Crippen LogP contribution in [0, 0.1) is 32.1 Å². The van der Waals surface area contributed by atoms with E-state index in [4.69, 9.17) is 10.4 Å². The molecule has 1 heterocycles. The predicted molar refractivity (Wildman–Crippen MR) is 69.4 cm³/mol. The van der Waals surface area contributed by atoms with Gasteiger partial charge >= 0.3 is 5.97 Å². The third-order valence-corrected chi connectivity index (χ3v) is 3.01. The number of carboxylic acid groups (broad SMARTS) is 1. The minimum absolute atomic E-state index is 0.186. The molecule has 0 spiro atoms. The largest absolute Gasteiger partial charge is 0.478 e. The van der Waals surface area contributed by atoms with Crippen LogP contribution >= 0.6 is 0 Å². The normalized spacial score (nSPS) is 10.2. The minimum atomic E-state index is -1.01. The van der Waals surface area contributed by atoms with Crippen molar-refractivity contribution in [1.29, 1.82) is 5.26 Å². The van der Waals surface area contributed by atoms with Crippen molar-refractivity contribution in [2.45, 2.75) is 20.8 Å². The van der Waals surface area contributed by atoms with Crippen molar-refractivity contribution in [1.82, 2.24) is 9.78 Å². The molecule has 0 aliphatic carbocycles. The molecule has 5 nitrogen and oxygen atoms in total. The Bertz CT molecular complexity index is 708. The van der Waals surface area contributed by atoms with Gasteiger partial charge in [-0.15, -0.1) is 0 Å². The summed E-state index contributed by atoms with van der Waals surface area (Å²) in [5.74, 6) is -1.01. The van der Waals surface area contributed by atoms with Crippen molar-refractivity contribution >= 4 is 5.97 Å². The zero-order valence-electron chi connectivity index (χ0n) is 10.9. The van der Waals surface area contributed by atoms with Crippen LogP contribution in [-0.2, 0) is 0 Å². The number of carbonyl (C=O) groups is 1. The Morgan fingerprint density at radius 2 is 2.05 bits per heavy atom. The van der Waals surface area contributed by atoms with E-state index in [9.17, 15) is 4.79 Å². The van der Waals surface area contributed by atoms with E-state index in [1.54, 1.807) is 19.9 Å². The molecular weight excluding hydrogens is 242 g/mol. The van der Waals surface area contributed by atoms with E-state index in [2.05, 4.69) is 11.2 Å². The first-order valence-corrected chi connectivity index (χ1v) is 5.76. The molecule has 0 radical (unpaired) electrons. The van der Waals surface area contributed by atoms with Crippen LogP contribution in [0.25, 0.3) is 5.69 Å². The maximum absolute atomic E-state index is 11.2. The number of rotatable bonds is 2. The van der Waals surface area contributed by atoms with Gasteiger partial charge in [-0.25, -0.2) is 9.48 Å². The number of aromatic carboxylic acids is 1. The van der Waals surface area contributed by atoms with Gasteiger partial charge in [-0.05, 0) is 38.5 Å². The predicted octanol–water partition coefficient (Wildman–Crippen LogP) is 2.37. The lowest BCUT2D eigenvalue weighted by Gasteiger charge is -2.07. The maximum atomic E-state index is 11.2. The molecule has 0 saturated heterocycles. The molecule has 5 heteroatoms. The minimum Gasteiger partial charge on any atom is -0.478 e. The highest BCUT2D eigenvalue weighted by Crippen LogP contribution is 2.21. The summed E-state index contributed by atoms with van der Waals surface area (Å²) in [5.41, 5.74) is 3.20. The number of benzene rings is 1. The van der Waals surface area contributed by atoms with Gasteiger partial charge in [0.2, 0.25) is 0 Å². The molecule has 2 rings (SSSR count). The number of hydrogen-bond acceptors (Lipinski definition) is 3. The SMILES string of the molecule is Cc1ccc(C#N)c(-n2nc(C)c(C(=O)O)c2C)c1. The number of hydrogen-bond donors (Lipinski definition) is 1. The Labute approximate surface area is 110 Å². The number of nitrogens with zero attached hydrogens (tertiary/aromatic N) is 3. The summed E-state index contributed by atoms with van der Waals surface area (Å²) >= 11 is 0. The first kappa shape index (κ1) is 12.8. The molecular formula is C14H13N3O2. The van der Waals surface area contributed by atoms with Crippen LogP contribution in [0.3, 0.4) is 0 Å². The van der Waals surface area contributed by atoms with Gasteiger partial charge in [-0.1, -0.05) is 6.07 Å². The molecule has 96 valence electrons. The van der Waals surface area contributed by atoms with E-state index >= 15 is 0 Å². The highest BCUT2D eigenvalue weighted by molar-refractivity contribution is 5.90. The molecule has 0 bridgehead atoms. The van der Waals surface area contributed by atoms with E-state index in [1.165, 1.54) is 4.68 Å². The number of carboxylic acids is 1. The van der Waals surface area contributed by atoms with Crippen LogP contribution in [0.5, 0.6) is 0 Å². The molecule has 1 aromatic carbocycles. The fraction of sp³-hybridized carbons (Fsp3) is 0.214. The smallest absolute Gasteiger partial charge is 0.339 e. The fourth-order valence-corrected chi connectivity index (χ4v) is 2.10. The Morgan fingerprint density at radius 1 is 1.37 bits per heavy atom. The first-order chi connectivity index (χ1) is 8.95. The van der Waals surface area contributed by atoms with E-state index in [1.807, 2.05) is 19.1 Å². The summed E-state index contributed by atoms with van der Waals surface area (Å²) in [4.78, 5) is 11.2. The van der Waals surface area contributed by atoms with E-state index in [0.717, 1.165) is 5.56 Å². The third kappa shape index (κ3) is 2.08. The average molecular weight is 255 g/mol. The summed E-state index contributed by atoms with van der Waals surface area (Å²) < 4.78 is 1.52. The van der Waals surface area contributed by atoms with Crippen molar-refractivity contribution in [2.75, 3.05) is 0 Å². The zero-order chi connectivity index (χ0) is 14.2. The Hall–Kier alpha value is -2.61. The Balaban J connectivity index is 2.74. The maximum Gasteiger partial charge on any atom is 0.339 e. The lowest BCUT2D eigenvalue weighted by Crippen LogP contribution is -2.04. The molecule has 0 fully saturated rings. The number of aryl methyl sites for hydroxylation is 2. The Kier molecular flexibility index (Phi) is 3.09. The standard InChI is InChI=1S/C14H13N3O2/c1-8-4-5-11(7-15)12(6-8)17-10(3)13(14(18)19)9(2)16-17/h4-6H,1-3H3,(H,18,19). The molecule has 1 N–H and O–H groups in total. The second kappa shape index (κ2) is 4.58.